The number of benzene rings is 1. The lowest BCUT2D eigenvalue weighted by Crippen LogP contribution is -2.23. The van der Waals surface area contributed by atoms with Gasteiger partial charge in [-0.15, -0.1) is 5.10 Å². The molecule has 2 atom stereocenters. The molecular weight excluding hydrogens is 251 g/mol. The summed E-state index contributed by atoms with van der Waals surface area (Å²) in [6.07, 6.45) is 0. The Morgan fingerprint density at radius 1 is 1.42 bits per heavy atom. The summed E-state index contributed by atoms with van der Waals surface area (Å²) in [7, 11) is 0. The molecule has 1 aromatic heterocycles. The van der Waals surface area contributed by atoms with Gasteiger partial charge in [-0.3, -0.25) is 4.79 Å². The summed E-state index contributed by atoms with van der Waals surface area (Å²) >= 11 is 0. The second kappa shape index (κ2) is 5.13. The normalized spacial score (nSPS) is 14.1. The van der Waals surface area contributed by atoms with Crippen LogP contribution in [0.1, 0.15) is 19.9 Å². The van der Waals surface area contributed by atoms with Crippen molar-refractivity contribution in [3.05, 3.63) is 30.1 Å². The Morgan fingerprint density at radius 3 is 2.79 bits per heavy atom. The monoisotopic (exact) mass is 264 g/mol. The highest BCUT2D eigenvalue weighted by atomic mass is 19.1. The predicted octanol–water partition coefficient (Wildman–Crippen LogP) is 1.76. The molecule has 0 saturated heterocycles. The zero-order valence-corrected chi connectivity index (χ0v) is 10.5. The smallest absolute Gasteiger partial charge is 0.308 e. The van der Waals surface area contributed by atoms with Crippen LogP contribution >= 0.6 is 0 Å². The third-order valence-corrected chi connectivity index (χ3v) is 3.07. The fourth-order valence-corrected chi connectivity index (χ4v) is 1.70. The summed E-state index contributed by atoms with van der Waals surface area (Å²) in [6, 6.07) is 5.41. The fraction of sp³-hybridized carbons (Fsp3) is 0.333. The lowest BCUT2D eigenvalue weighted by molar-refractivity contribution is -0.142. The molecule has 0 aliphatic heterocycles. The van der Waals surface area contributed by atoms with E-state index in [4.69, 9.17) is 5.11 Å². The van der Waals surface area contributed by atoms with Crippen molar-refractivity contribution in [1.82, 2.24) is 20.2 Å². The van der Waals surface area contributed by atoms with Crippen LogP contribution in [0, 0.1) is 11.7 Å². The summed E-state index contributed by atoms with van der Waals surface area (Å²) < 4.78 is 14.6. The summed E-state index contributed by atoms with van der Waals surface area (Å²) in [5.74, 6) is -1.64. The second-order valence-electron chi connectivity index (χ2n) is 4.32. The van der Waals surface area contributed by atoms with Gasteiger partial charge in [-0.1, -0.05) is 12.1 Å². The van der Waals surface area contributed by atoms with E-state index in [1.165, 1.54) is 16.8 Å². The highest BCUT2D eigenvalue weighted by molar-refractivity contribution is 5.70. The number of carbonyl (C=O) groups is 1. The van der Waals surface area contributed by atoms with Crippen molar-refractivity contribution in [2.24, 2.45) is 5.92 Å². The van der Waals surface area contributed by atoms with E-state index in [0.29, 0.717) is 11.4 Å². The molecule has 0 bridgehead atoms. The predicted molar refractivity (Wildman–Crippen MR) is 64.7 cm³/mol. The van der Waals surface area contributed by atoms with Crippen molar-refractivity contribution in [1.29, 1.82) is 0 Å². The molecule has 0 saturated carbocycles. The fourth-order valence-electron chi connectivity index (χ4n) is 1.70. The molecule has 0 aliphatic rings. The first kappa shape index (κ1) is 13.1. The molecule has 1 N–H and O–H groups in total. The van der Waals surface area contributed by atoms with Gasteiger partial charge in [0.15, 0.2) is 5.82 Å². The molecule has 7 heteroatoms. The van der Waals surface area contributed by atoms with Crippen molar-refractivity contribution in [2.75, 3.05) is 0 Å². The highest BCUT2D eigenvalue weighted by Crippen LogP contribution is 2.23. The Balaban J connectivity index is 2.40. The van der Waals surface area contributed by atoms with E-state index in [2.05, 4.69) is 15.5 Å². The molecule has 2 rings (SSSR count). The van der Waals surface area contributed by atoms with Gasteiger partial charge >= 0.3 is 5.97 Å². The zero-order chi connectivity index (χ0) is 14.0. The van der Waals surface area contributed by atoms with Gasteiger partial charge < -0.3 is 5.11 Å². The SMILES string of the molecule is CC(C(=O)O)C(C)n1nnnc1-c1cccc(F)c1. The summed E-state index contributed by atoms with van der Waals surface area (Å²) in [6.45, 7) is 3.28. The molecule has 1 heterocycles. The number of hydrogen-bond acceptors (Lipinski definition) is 4. The van der Waals surface area contributed by atoms with Crippen molar-refractivity contribution in [3.63, 3.8) is 0 Å². The highest BCUT2D eigenvalue weighted by Gasteiger charge is 2.25. The maximum atomic E-state index is 13.2. The van der Waals surface area contributed by atoms with Crippen molar-refractivity contribution < 1.29 is 14.3 Å². The molecule has 2 aromatic rings. The zero-order valence-electron chi connectivity index (χ0n) is 10.5. The van der Waals surface area contributed by atoms with E-state index in [1.807, 2.05) is 0 Å². The van der Waals surface area contributed by atoms with Crippen LogP contribution < -0.4 is 0 Å². The largest absolute Gasteiger partial charge is 0.481 e. The molecule has 0 amide bonds. The minimum absolute atomic E-state index is 0.347. The van der Waals surface area contributed by atoms with Crippen molar-refractivity contribution >= 4 is 5.97 Å². The molecule has 19 heavy (non-hydrogen) atoms. The van der Waals surface area contributed by atoms with Gasteiger partial charge in [0.05, 0.1) is 12.0 Å². The first-order valence-electron chi connectivity index (χ1n) is 5.77. The van der Waals surface area contributed by atoms with E-state index in [0.717, 1.165) is 0 Å². The van der Waals surface area contributed by atoms with Crippen LogP contribution in [-0.2, 0) is 4.79 Å². The van der Waals surface area contributed by atoms with Gasteiger partial charge in [0, 0.05) is 5.56 Å². The Morgan fingerprint density at radius 2 is 2.16 bits per heavy atom. The molecule has 0 fully saturated rings. The van der Waals surface area contributed by atoms with Crippen LogP contribution in [0.2, 0.25) is 0 Å². The summed E-state index contributed by atoms with van der Waals surface area (Å²) in [4.78, 5) is 11.0. The number of nitrogens with zero attached hydrogens (tertiary/aromatic N) is 4. The van der Waals surface area contributed by atoms with Crippen molar-refractivity contribution in [2.45, 2.75) is 19.9 Å². The Labute approximate surface area is 108 Å². The van der Waals surface area contributed by atoms with Gasteiger partial charge in [0.1, 0.15) is 5.82 Å². The van der Waals surface area contributed by atoms with Gasteiger partial charge in [-0.05, 0) is 36.4 Å². The molecule has 2 unspecified atom stereocenters. The second-order valence-corrected chi connectivity index (χ2v) is 4.32. The molecule has 100 valence electrons. The molecule has 0 spiro atoms. The number of hydrogen-bond donors (Lipinski definition) is 1. The van der Waals surface area contributed by atoms with Gasteiger partial charge in [-0.2, -0.15) is 0 Å². The number of aromatic nitrogens is 4. The van der Waals surface area contributed by atoms with Gasteiger partial charge in [-0.25, -0.2) is 9.07 Å². The van der Waals surface area contributed by atoms with E-state index in [-0.39, 0.29) is 0 Å². The topological polar surface area (TPSA) is 80.9 Å². The minimum Gasteiger partial charge on any atom is -0.481 e. The standard InChI is InChI=1S/C12H13FN4O2/c1-7(12(18)19)8(2)17-11(14-15-16-17)9-4-3-5-10(13)6-9/h3-8H,1-2H3,(H,18,19). The molecule has 6 nitrogen and oxygen atoms in total. The lowest BCUT2D eigenvalue weighted by Gasteiger charge is -2.17. The van der Waals surface area contributed by atoms with E-state index >= 15 is 0 Å². The number of halogens is 1. The molecule has 1 aromatic carbocycles. The maximum Gasteiger partial charge on any atom is 0.308 e. The Kier molecular flexibility index (Phi) is 3.55. The van der Waals surface area contributed by atoms with Gasteiger partial charge in [0.25, 0.3) is 0 Å². The number of tetrazole rings is 1. The van der Waals surface area contributed by atoms with Crippen LogP contribution in [0.4, 0.5) is 4.39 Å². The Bertz CT molecular complexity index is 599. The average Bonchev–Trinajstić information content (AvgIpc) is 2.86. The van der Waals surface area contributed by atoms with Crippen LogP contribution in [-0.4, -0.2) is 31.3 Å². The van der Waals surface area contributed by atoms with E-state index in [1.54, 1.807) is 26.0 Å². The van der Waals surface area contributed by atoms with Crippen LogP contribution in [0.3, 0.4) is 0 Å². The van der Waals surface area contributed by atoms with Crippen molar-refractivity contribution in [3.8, 4) is 11.4 Å². The summed E-state index contributed by atoms with van der Waals surface area (Å²) in [5.41, 5.74) is 0.509. The van der Waals surface area contributed by atoms with Gasteiger partial charge in [0.2, 0.25) is 0 Å². The third kappa shape index (κ3) is 2.59. The number of carboxylic acids is 1. The minimum atomic E-state index is -0.937. The maximum absolute atomic E-state index is 13.2. The van der Waals surface area contributed by atoms with Crippen LogP contribution in [0.5, 0.6) is 0 Å². The number of aliphatic carboxylic acids is 1. The number of carboxylic acid groups (broad SMARTS) is 1. The molecular formula is C12H13FN4O2. The number of rotatable bonds is 4. The van der Waals surface area contributed by atoms with Crippen LogP contribution in [0.15, 0.2) is 24.3 Å². The first-order chi connectivity index (χ1) is 9.00. The quantitative estimate of drug-likeness (QED) is 0.910. The third-order valence-electron chi connectivity index (χ3n) is 3.07. The van der Waals surface area contributed by atoms with E-state index in [9.17, 15) is 9.18 Å². The Hall–Kier alpha value is -2.31. The molecule has 0 aliphatic carbocycles. The lowest BCUT2D eigenvalue weighted by atomic mass is 10.0. The average molecular weight is 264 g/mol. The first-order valence-corrected chi connectivity index (χ1v) is 5.77. The van der Waals surface area contributed by atoms with E-state index < -0.39 is 23.7 Å². The summed E-state index contributed by atoms with van der Waals surface area (Å²) in [5, 5.41) is 20.2. The molecule has 0 radical (unpaired) electrons. The van der Waals surface area contributed by atoms with Crippen LogP contribution in [0.25, 0.3) is 11.4 Å².